The van der Waals surface area contributed by atoms with E-state index in [4.69, 9.17) is 23.2 Å². The molecule has 0 radical (unpaired) electrons. The van der Waals surface area contributed by atoms with E-state index < -0.39 is 4.92 Å². The Balaban J connectivity index is 1.84. The Bertz CT molecular complexity index is 1170. The summed E-state index contributed by atoms with van der Waals surface area (Å²) in [5.41, 5.74) is 1.43. The van der Waals surface area contributed by atoms with Gasteiger partial charge in [0.15, 0.2) is 11.6 Å². The lowest BCUT2D eigenvalue weighted by Gasteiger charge is -2.21. The van der Waals surface area contributed by atoms with E-state index in [1.165, 1.54) is 0 Å². The third-order valence-corrected chi connectivity index (χ3v) is 5.05. The Kier molecular flexibility index (Phi) is 4.37. The van der Waals surface area contributed by atoms with Crippen LogP contribution in [0.1, 0.15) is 31.8 Å². The van der Waals surface area contributed by atoms with Crippen LogP contribution in [-0.2, 0) is 0 Å². The van der Waals surface area contributed by atoms with Gasteiger partial charge in [-0.2, -0.15) is 0 Å². The van der Waals surface area contributed by atoms with Crippen molar-refractivity contribution >= 4 is 51.8 Å². The molecule has 1 N–H and O–H groups in total. The van der Waals surface area contributed by atoms with E-state index in [0.29, 0.717) is 16.8 Å². The summed E-state index contributed by atoms with van der Waals surface area (Å²) < 4.78 is 0. The molecule has 0 unspecified atom stereocenters. The second-order valence-corrected chi connectivity index (χ2v) is 6.91. The molecule has 1 aliphatic rings. The lowest BCUT2D eigenvalue weighted by molar-refractivity contribution is -0.384. The van der Waals surface area contributed by atoms with Gasteiger partial charge >= 0.3 is 0 Å². The van der Waals surface area contributed by atoms with Gasteiger partial charge in [0, 0.05) is 28.8 Å². The molecule has 0 saturated heterocycles. The summed E-state index contributed by atoms with van der Waals surface area (Å²) in [6.45, 7) is 0. The molecular formula is C20H10Cl2N2O4. The fourth-order valence-electron chi connectivity index (χ4n) is 3.17. The van der Waals surface area contributed by atoms with Gasteiger partial charge in [0.1, 0.15) is 0 Å². The normalized spacial score (nSPS) is 12.4. The maximum atomic E-state index is 13.0. The van der Waals surface area contributed by atoms with E-state index in [-0.39, 0.29) is 44.1 Å². The molecule has 6 nitrogen and oxygen atoms in total. The summed E-state index contributed by atoms with van der Waals surface area (Å²) >= 11 is 12.3. The van der Waals surface area contributed by atoms with E-state index in [2.05, 4.69) is 5.32 Å². The largest absolute Gasteiger partial charge is 0.352 e. The van der Waals surface area contributed by atoms with Crippen LogP contribution in [0.2, 0.25) is 10.0 Å². The van der Waals surface area contributed by atoms with Crippen molar-refractivity contribution in [2.75, 3.05) is 5.32 Å². The molecule has 3 aromatic carbocycles. The highest BCUT2D eigenvalue weighted by Crippen LogP contribution is 2.39. The second kappa shape index (κ2) is 6.74. The zero-order valence-electron chi connectivity index (χ0n) is 14.0. The maximum absolute atomic E-state index is 13.0. The first-order chi connectivity index (χ1) is 13.4. The number of carbonyl (C=O) groups is 2. The highest BCUT2D eigenvalue weighted by atomic mass is 35.5. The molecule has 0 amide bonds. The van der Waals surface area contributed by atoms with Crippen LogP contribution in [0.15, 0.2) is 54.6 Å². The molecule has 28 heavy (non-hydrogen) atoms. The third kappa shape index (κ3) is 2.83. The molecule has 3 aromatic rings. The van der Waals surface area contributed by atoms with Crippen molar-refractivity contribution in [3.63, 3.8) is 0 Å². The summed E-state index contributed by atoms with van der Waals surface area (Å²) in [7, 11) is 0. The summed E-state index contributed by atoms with van der Waals surface area (Å²) in [5.74, 6) is -0.558. The predicted octanol–water partition coefficient (Wildman–Crippen LogP) is 5.42. The first kappa shape index (κ1) is 18.2. The second-order valence-electron chi connectivity index (χ2n) is 6.10. The van der Waals surface area contributed by atoms with Crippen molar-refractivity contribution in [2.45, 2.75) is 0 Å². The van der Waals surface area contributed by atoms with Gasteiger partial charge in [0.2, 0.25) is 0 Å². The summed E-state index contributed by atoms with van der Waals surface area (Å²) in [6.07, 6.45) is 0. The smallest absolute Gasteiger partial charge is 0.272 e. The van der Waals surface area contributed by atoms with Crippen LogP contribution >= 0.6 is 23.2 Å². The zero-order valence-corrected chi connectivity index (χ0v) is 15.5. The number of rotatable bonds is 3. The summed E-state index contributed by atoms with van der Waals surface area (Å²) in [5, 5.41) is 13.9. The minimum Gasteiger partial charge on any atom is -0.352 e. The number of nitro groups is 1. The quantitative estimate of drug-likeness (QED) is 0.358. The number of benzene rings is 3. The third-order valence-electron chi connectivity index (χ3n) is 4.45. The summed E-state index contributed by atoms with van der Waals surface area (Å²) in [6, 6.07) is 13.8. The van der Waals surface area contributed by atoms with Crippen LogP contribution in [0, 0.1) is 10.1 Å². The minimum absolute atomic E-state index is 0.0202. The number of hydrogen-bond acceptors (Lipinski definition) is 5. The lowest BCUT2D eigenvalue weighted by Crippen LogP contribution is -2.22. The molecule has 0 aromatic heterocycles. The van der Waals surface area contributed by atoms with Gasteiger partial charge in [0.05, 0.1) is 31.9 Å². The number of nitrogens with zero attached hydrogens (tertiary/aromatic N) is 1. The van der Waals surface area contributed by atoms with Crippen molar-refractivity contribution in [3.8, 4) is 0 Å². The molecule has 138 valence electrons. The molecule has 0 spiro atoms. The fourth-order valence-corrected chi connectivity index (χ4v) is 3.74. The van der Waals surface area contributed by atoms with Crippen LogP contribution < -0.4 is 5.32 Å². The monoisotopic (exact) mass is 412 g/mol. The Labute approximate surface area is 168 Å². The van der Waals surface area contributed by atoms with Crippen LogP contribution in [0.25, 0.3) is 0 Å². The van der Waals surface area contributed by atoms with Crippen LogP contribution in [-0.4, -0.2) is 16.5 Å². The highest BCUT2D eigenvalue weighted by Gasteiger charge is 2.31. The van der Waals surface area contributed by atoms with E-state index in [1.807, 2.05) is 0 Å². The van der Waals surface area contributed by atoms with E-state index >= 15 is 0 Å². The number of non-ortho nitro benzene ring substituents is 1. The topological polar surface area (TPSA) is 89.3 Å². The Hall–Kier alpha value is -3.22. The lowest BCUT2D eigenvalue weighted by atomic mass is 9.83. The Morgan fingerprint density at radius 1 is 0.821 bits per heavy atom. The molecular weight excluding hydrogens is 403 g/mol. The van der Waals surface area contributed by atoms with E-state index in [0.717, 1.165) is 12.1 Å². The van der Waals surface area contributed by atoms with Crippen molar-refractivity contribution in [2.24, 2.45) is 0 Å². The van der Waals surface area contributed by atoms with Gasteiger partial charge < -0.3 is 5.32 Å². The molecule has 0 aliphatic heterocycles. The average Bonchev–Trinajstić information content (AvgIpc) is 2.68. The number of nitro benzene ring substituents is 1. The average molecular weight is 413 g/mol. The van der Waals surface area contributed by atoms with Crippen molar-refractivity contribution < 1.29 is 14.5 Å². The van der Waals surface area contributed by atoms with E-state index in [1.54, 1.807) is 42.5 Å². The zero-order chi connectivity index (χ0) is 20.0. The minimum atomic E-state index is -0.606. The maximum Gasteiger partial charge on any atom is 0.272 e. The van der Waals surface area contributed by atoms with Gasteiger partial charge in [-0.3, -0.25) is 19.7 Å². The number of carbonyl (C=O) groups excluding carboxylic acids is 2. The van der Waals surface area contributed by atoms with Crippen LogP contribution in [0.4, 0.5) is 17.1 Å². The Morgan fingerprint density at radius 3 is 2.00 bits per heavy atom. The predicted molar refractivity (Wildman–Crippen MR) is 106 cm³/mol. The number of halogens is 2. The molecule has 0 heterocycles. The van der Waals surface area contributed by atoms with Gasteiger partial charge in [-0.1, -0.05) is 59.6 Å². The SMILES string of the molecule is O=C1c2ccccc2C(=O)c2c(Nc3c(Cl)cc([N+](=O)[O-])cc3Cl)cccc21. The molecule has 0 saturated carbocycles. The van der Waals surface area contributed by atoms with Crippen LogP contribution in [0.5, 0.6) is 0 Å². The Morgan fingerprint density at radius 2 is 1.39 bits per heavy atom. The van der Waals surface area contributed by atoms with Crippen molar-refractivity contribution in [1.82, 2.24) is 0 Å². The number of nitrogens with one attached hydrogen (secondary N) is 1. The number of fused-ring (bicyclic) bond motifs is 2. The fraction of sp³-hybridized carbons (Fsp3) is 0. The van der Waals surface area contributed by atoms with Gasteiger partial charge in [0.25, 0.3) is 5.69 Å². The first-order valence-corrected chi connectivity index (χ1v) is 8.86. The summed E-state index contributed by atoms with van der Waals surface area (Å²) in [4.78, 5) is 36.2. The van der Waals surface area contributed by atoms with Crippen molar-refractivity contribution in [1.29, 1.82) is 0 Å². The molecule has 0 atom stereocenters. The molecule has 1 aliphatic carbocycles. The van der Waals surface area contributed by atoms with Crippen molar-refractivity contribution in [3.05, 3.63) is 97.0 Å². The molecule has 8 heteroatoms. The molecule has 4 rings (SSSR count). The van der Waals surface area contributed by atoms with Gasteiger partial charge in [-0.25, -0.2) is 0 Å². The number of hydrogen-bond donors (Lipinski definition) is 1. The molecule has 0 bridgehead atoms. The number of ketones is 2. The van der Waals surface area contributed by atoms with Gasteiger partial charge in [-0.15, -0.1) is 0 Å². The standard InChI is InChI=1S/C20H10Cl2N2O4/c21-14-8-10(24(27)28)9-15(22)18(14)23-16-7-3-6-13-17(16)20(26)12-5-2-1-4-11(12)19(13)25/h1-9,23H. The van der Waals surface area contributed by atoms with Crippen LogP contribution in [0.3, 0.4) is 0 Å². The first-order valence-electron chi connectivity index (χ1n) is 8.10. The van der Waals surface area contributed by atoms with Gasteiger partial charge in [-0.05, 0) is 6.07 Å². The highest BCUT2D eigenvalue weighted by molar-refractivity contribution is 6.40. The van der Waals surface area contributed by atoms with E-state index in [9.17, 15) is 19.7 Å². The number of anilines is 2. The molecule has 0 fully saturated rings.